The summed E-state index contributed by atoms with van der Waals surface area (Å²) in [5, 5.41) is 5.94. The van der Waals surface area contributed by atoms with Crippen molar-refractivity contribution in [3.63, 3.8) is 0 Å². The third-order valence-corrected chi connectivity index (χ3v) is 7.93. The van der Waals surface area contributed by atoms with E-state index in [9.17, 15) is 4.79 Å². The minimum Gasteiger partial charge on any atom is -0.377 e. The summed E-state index contributed by atoms with van der Waals surface area (Å²) < 4.78 is 0. The Hall–Kier alpha value is -1.98. The lowest BCUT2D eigenvalue weighted by Crippen LogP contribution is -2.45. The van der Waals surface area contributed by atoms with Crippen molar-refractivity contribution in [2.45, 2.75) is 67.2 Å². The van der Waals surface area contributed by atoms with Crippen LogP contribution in [0.25, 0.3) is 0 Å². The molecule has 1 saturated carbocycles. The van der Waals surface area contributed by atoms with Gasteiger partial charge in [-0.15, -0.1) is 0 Å². The Morgan fingerprint density at radius 1 is 0.933 bits per heavy atom. The highest BCUT2D eigenvalue weighted by Crippen LogP contribution is 2.47. The zero-order chi connectivity index (χ0) is 20.3. The van der Waals surface area contributed by atoms with Crippen molar-refractivity contribution in [1.82, 2.24) is 10.4 Å². The number of piperidine rings is 1. The van der Waals surface area contributed by atoms with Gasteiger partial charge in [0.25, 0.3) is 5.91 Å². The summed E-state index contributed by atoms with van der Waals surface area (Å²) in [6.45, 7) is 1.90. The van der Waals surface area contributed by atoms with Gasteiger partial charge in [-0.05, 0) is 61.4 Å². The summed E-state index contributed by atoms with van der Waals surface area (Å²) in [5.74, 6) is 0.653. The first-order valence-electron chi connectivity index (χ1n) is 11.5. The number of anilines is 1. The maximum Gasteiger partial charge on any atom is 0.265 e. The second-order valence-corrected chi connectivity index (χ2v) is 9.94. The Morgan fingerprint density at radius 2 is 1.70 bits per heavy atom. The fourth-order valence-corrected chi connectivity index (χ4v) is 6.18. The van der Waals surface area contributed by atoms with E-state index in [-0.39, 0.29) is 5.91 Å². The molecule has 2 aromatic carbocycles. The van der Waals surface area contributed by atoms with Gasteiger partial charge in [0.15, 0.2) is 0 Å². The molecular formula is C25H31N3OS. The van der Waals surface area contributed by atoms with Crippen molar-refractivity contribution in [2.75, 3.05) is 18.4 Å². The van der Waals surface area contributed by atoms with E-state index >= 15 is 0 Å². The predicted molar refractivity (Wildman–Crippen MR) is 123 cm³/mol. The molecule has 158 valence electrons. The van der Waals surface area contributed by atoms with Crippen molar-refractivity contribution in [3.8, 4) is 0 Å². The fraction of sp³-hybridized carbons (Fsp3) is 0.480. The van der Waals surface area contributed by atoms with Crippen LogP contribution < -0.4 is 10.7 Å². The number of fused-ring (bicyclic) bond motifs is 2. The molecule has 2 aromatic rings. The van der Waals surface area contributed by atoms with Crippen LogP contribution in [-0.2, 0) is 0 Å². The predicted octanol–water partition coefficient (Wildman–Crippen LogP) is 6.02. The Bertz CT molecular complexity index is 903. The Kier molecular flexibility index (Phi) is 6.00. The zero-order valence-corrected chi connectivity index (χ0v) is 18.3. The molecular weight excluding hydrogens is 390 g/mol. The molecule has 0 bridgehead atoms. The molecule has 5 heteroatoms. The number of carbonyl (C=O) groups is 1. The smallest absolute Gasteiger partial charge is 0.265 e. The Labute approximate surface area is 183 Å². The van der Waals surface area contributed by atoms with Crippen molar-refractivity contribution < 1.29 is 4.79 Å². The topological polar surface area (TPSA) is 44.4 Å². The molecule has 1 amide bonds. The van der Waals surface area contributed by atoms with E-state index in [0.29, 0.717) is 12.0 Å². The maximum atomic E-state index is 12.9. The largest absolute Gasteiger partial charge is 0.377 e. The molecule has 2 fully saturated rings. The maximum absolute atomic E-state index is 12.9. The highest BCUT2D eigenvalue weighted by molar-refractivity contribution is 7.99. The molecule has 3 aliphatic rings. The summed E-state index contributed by atoms with van der Waals surface area (Å²) in [6, 6.07) is 15.3. The summed E-state index contributed by atoms with van der Waals surface area (Å²) >= 11 is 1.82. The van der Waals surface area contributed by atoms with Crippen molar-refractivity contribution in [1.29, 1.82) is 0 Å². The summed E-state index contributed by atoms with van der Waals surface area (Å²) in [4.78, 5) is 15.4. The normalized spacial score (nSPS) is 22.3. The van der Waals surface area contributed by atoms with Gasteiger partial charge in [-0.2, -0.15) is 0 Å². The van der Waals surface area contributed by atoms with Crippen LogP contribution in [0.15, 0.2) is 52.3 Å². The summed E-state index contributed by atoms with van der Waals surface area (Å²) in [5.41, 5.74) is 6.35. The lowest BCUT2D eigenvalue weighted by molar-refractivity contribution is 0.0750. The van der Waals surface area contributed by atoms with Crippen LogP contribution in [0.3, 0.4) is 0 Å². The lowest BCUT2D eigenvalue weighted by Gasteiger charge is -2.32. The molecule has 1 saturated heterocycles. The van der Waals surface area contributed by atoms with Gasteiger partial charge in [0.2, 0.25) is 0 Å². The first-order valence-corrected chi connectivity index (χ1v) is 12.3. The van der Waals surface area contributed by atoms with Crippen molar-refractivity contribution in [2.24, 2.45) is 5.92 Å². The van der Waals surface area contributed by atoms with E-state index in [1.807, 2.05) is 17.8 Å². The van der Waals surface area contributed by atoms with Crippen molar-refractivity contribution in [3.05, 3.63) is 53.6 Å². The molecule has 1 atom stereocenters. The van der Waals surface area contributed by atoms with Gasteiger partial charge in [-0.1, -0.05) is 55.6 Å². The standard InChI is InChI=1S/C25H31N3OS/c29-25(27-28-15-7-2-8-16-28)19-13-14-23-21(17-19)26-24(18-9-3-1-4-10-18)20-11-5-6-12-22(20)30-23/h5-6,11-14,17-18,24,26H,1-4,7-10,15-16H2,(H,27,29). The Morgan fingerprint density at radius 3 is 2.53 bits per heavy atom. The first kappa shape index (κ1) is 20.0. The van der Waals surface area contributed by atoms with E-state index in [1.165, 1.54) is 53.9 Å². The van der Waals surface area contributed by atoms with Crippen LogP contribution in [0.4, 0.5) is 5.69 Å². The molecule has 0 aromatic heterocycles. The summed E-state index contributed by atoms with van der Waals surface area (Å²) in [7, 11) is 0. The second-order valence-electron chi connectivity index (χ2n) is 8.86. The third-order valence-electron chi connectivity index (χ3n) is 6.76. The minimum absolute atomic E-state index is 0.00229. The van der Waals surface area contributed by atoms with E-state index in [4.69, 9.17) is 0 Å². The number of rotatable bonds is 3. The van der Waals surface area contributed by atoms with Crippen molar-refractivity contribution >= 4 is 23.4 Å². The average Bonchev–Trinajstić information content (AvgIpc) is 2.96. The quantitative estimate of drug-likeness (QED) is 0.636. The molecule has 2 N–H and O–H groups in total. The third kappa shape index (κ3) is 4.23. The second kappa shape index (κ2) is 9.03. The number of amides is 1. The highest BCUT2D eigenvalue weighted by atomic mass is 32.2. The van der Waals surface area contributed by atoms with Crippen LogP contribution in [0.1, 0.15) is 73.3 Å². The number of nitrogens with one attached hydrogen (secondary N) is 2. The number of nitrogens with zero attached hydrogens (tertiary/aromatic N) is 1. The number of hydrogen-bond acceptors (Lipinski definition) is 4. The average molecular weight is 422 g/mol. The number of hydrogen-bond donors (Lipinski definition) is 2. The highest BCUT2D eigenvalue weighted by Gasteiger charge is 2.30. The van der Waals surface area contributed by atoms with E-state index in [0.717, 1.165) is 37.2 Å². The SMILES string of the molecule is O=C(NN1CCCCC1)c1ccc2c(c1)NC(C1CCCCC1)c1ccccc1S2. The van der Waals surface area contributed by atoms with Gasteiger partial charge in [0.05, 0.1) is 6.04 Å². The fourth-order valence-electron chi connectivity index (χ4n) is 5.12. The first-order chi connectivity index (χ1) is 14.8. The van der Waals surface area contributed by atoms with Crippen LogP contribution in [0.5, 0.6) is 0 Å². The molecule has 5 rings (SSSR count). The van der Waals surface area contributed by atoms with Gasteiger partial charge in [-0.25, -0.2) is 5.01 Å². The molecule has 0 radical (unpaired) electrons. The molecule has 2 aliphatic heterocycles. The van der Waals surface area contributed by atoms with Crippen LogP contribution in [-0.4, -0.2) is 24.0 Å². The van der Waals surface area contributed by atoms with E-state index in [1.54, 1.807) is 0 Å². The summed E-state index contributed by atoms with van der Waals surface area (Å²) in [6.07, 6.45) is 10.1. The van der Waals surface area contributed by atoms with Gasteiger partial charge in [0.1, 0.15) is 0 Å². The van der Waals surface area contributed by atoms with Gasteiger partial charge in [0, 0.05) is 34.1 Å². The molecule has 0 spiro atoms. The zero-order valence-electron chi connectivity index (χ0n) is 17.5. The number of hydrazine groups is 1. The Balaban J connectivity index is 1.42. The van der Waals surface area contributed by atoms with Crippen LogP contribution >= 0.6 is 11.8 Å². The lowest BCUT2D eigenvalue weighted by atomic mass is 9.81. The number of carbonyl (C=O) groups excluding carboxylic acids is 1. The van der Waals surface area contributed by atoms with Crippen LogP contribution in [0, 0.1) is 5.92 Å². The van der Waals surface area contributed by atoms with E-state index in [2.05, 4.69) is 52.1 Å². The number of benzene rings is 2. The van der Waals surface area contributed by atoms with E-state index < -0.39 is 0 Å². The molecule has 1 unspecified atom stereocenters. The molecule has 4 nitrogen and oxygen atoms in total. The minimum atomic E-state index is 0.00229. The monoisotopic (exact) mass is 421 g/mol. The molecule has 1 aliphatic carbocycles. The van der Waals surface area contributed by atoms with Gasteiger partial charge >= 0.3 is 0 Å². The molecule has 2 heterocycles. The molecule has 30 heavy (non-hydrogen) atoms. The van der Waals surface area contributed by atoms with Crippen LogP contribution in [0.2, 0.25) is 0 Å². The van der Waals surface area contributed by atoms with Gasteiger partial charge < -0.3 is 5.32 Å². The van der Waals surface area contributed by atoms with Gasteiger partial charge in [-0.3, -0.25) is 10.2 Å².